The maximum Gasteiger partial charge on any atom is 0.161 e. The van der Waals surface area contributed by atoms with E-state index in [4.69, 9.17) is 9.47 Å². The standard InChI is InChI=1S/C16H19N3O2/c1-19-10-11(9-18-19)6-14-13-8-16-15(20-4-5-21-16)7-12(13)2-3-17-14/h7-10,14,17H,2-6H2,1H3. The summed E-state index contributed by atoms with van der Waals surface area (Å²) in [5.74, 6) is 1.77. The van der Waals surface area contributed by atoms with Crippen molar-refractivity contribution in [2.45, 2.75) is 18.9 Å². The smallest absolute Gasteiger partial charge is 0.161 e. The molecule has 0 saturated heterocycles. The van der Waals surface area contributed by atoms with E-state index in [0.29, 0.717) is 19.3 Å². The first-order valence-corrected chi connectivity index (χ1v) is 7.43. The molecule has 0 radical (unpaired) electrons. The van der Waals surface area contributed by atoms with Crippen LogP contribution in [0.1, 0.15) is 22.7 Å². The van der Waals surface area contributed by atoms with Crippen LogP contribution in [-0.4, -0.2) is 29.5 Å². The van der Waals surface area contributed by atoms with Crippen molar-refractivity contribution in [2.24, 2.45) is 7.05 Å². The fraction of sp³-hybridized carbons (Fsp3) is 0.438. The van der Waals surface area contributed by atoms with E-state index in [1.165, 1.54) is 16.7 Å². The number of benzene rings is 1. The lowest BCUT2D eigenvalue weighted by Gasteiger charge is -2.29. The zero-order valence-corrected chi connectivity index (χ0v) is 12.1. The predicted octanol–water partition coefficient (Wildman–Crippen LogP) is 1.62. The van der Waals surface area contributed by atoms with Gasteiger partial charge in [-0.2, -0.15) is 5.10 Å². The van der Waals surface area contributed by atoms with E-state index in [1.54, 1.807) is 0 Å². The average molecular weight is 285 g/mol. The molecule has 2 aromatic rings. The number of aromatic nitrogens is 2. The molecule has 0 aliphatic carbocycles. The minimum Gasteiger partial charge on any atom is -0.486 e. The first kappa shape index (κ1) is 12.7. The number of ether oxygens (including phenoxy) is 2. The van der Waals surface area contributed by atoms with Gasteiger partial charge >= 0.3 is 0 Å². The summed E-state index contributed by atoms with van der Waals surface area (Å²) >= 11 is 0. The monoisotopic (exact) mass is 285 g/mol. The van der Waals surface area contributed by atoms with E-state index < -0.39 is 0 Å². The summed E-state index contributed by atoms with van der Waals surface area (Å²) in [5.41, 5.74) is 3.94. The van der Waals surface area contributed by atoms with Gasteiger partial charge in [-0.3, -0.25) is 4.68 Å². The zero-order chi connectivity index (χ0) is 14.2. The quantitative estimate of drug-likeness (QED) is 0.911. The summed E-state index contributed by atoms with van der Waals surface area (Å²) in [6.07, 6.45) is 6.00. The molecule has 0 fully saturated rings. The minimum absolute atomic E-state index is 0.314. The number of nitrogens with zero attached hydrogens (tertiary/aromatic N) is 2. The van der Waals surface area contributed by atoms with Crippen LogP contribution in [-0.2, 0) is 19.9 Å². The molecule has 0 bridgehead atoms. The molecule has 0 amide bonds. The fourth-order valence-corrected chi connectivity index (χ4v) is 3.17. The van der Waals surface area contributed by atoms with Gasteiger partial charge in [0.25, 0.3) is 0 Å². The Labute approximate surface area is 123 Å². The van der Waals surface area contributed by atoms with Gasteiger partial charge in [0.2, 0.25) is 0 Å². The predicted molar refractivity (Wildman–Crippen MR) is 78.8 cm³/mol. The highest BCUT2D eigenvalue weighted by Gasteiger charge is 2.24. The molecule has 2 aliphatic heterocycles. The van der Waals surface area contributed by atoms with Gasteiger partial charge in [0, 0.05) is 19.3 Å². The maximum atomic E-state index is 5.72. The molecule has 21 heavy (non-hydrogen) atoms. The molecule has 5 nitrogen and oxygen atoms in total. The van der Waals surface area contributed by atoms with Crippen molar-refractivity contribution in [3.8, 4) is 11.5 Å². The van der Waals surface area contributed by atoms with Crippen LogP contribution in [0.15, 0.2) is 24.5 Å². The van der Waals surface area contributed by atoms with Crippen LogP contribution < -0.4 is 14.8 Å². The minimum atomic E-state index is 0.314. The van der Waals surface area contributed by atoms with Crippen molar-refractivity contribution in [1.29, 1.82) is 0 Å². The highest BCUT2D eigenvalue weighted by Crippen LogP contribution is 2.37. The van der Waals surface area contributed by atoms with Gasteiger partial charge in [0.15, 0.2) is 11.5 Å². The molecule has 1 atom stereocenters. The molecule has 1 aromatic carbocycles. The largest absolute Gasteiger partial charge is 0.486 e. The number of hydrogen-bond acceptors (Lipinski definition) is 4. The number of nitrogens with one attached hydrogen (secondary N) is 1. The van der Waals surface area contributed by atoms with Gasteiger partial charge in [0.05, 0.1) is 6.20 Å². The maximum absolute atomic E-state index is 5.72. The van der Waals surface area contributed by atoms with E-state index in [0.717, 1.165) is 30.9 Å². The Morgan fingerprint density at radius 3 is 2.86 bits per heavy atom. The summed E-state index contributed by atoms with van der Waals surface area (Å²) in [6.45, 7) is 2.27. The molecule has 5 heteroatoms. The average Bonchev–Trinajstić information content (AvgIpc) is 2.91. The lowest BCUT2D eigenvalue weighted by Crippen LogP contribution is -2.31. The van der Waals surface area contributed by atoms with Crippen molar-refractivity contribution in [2.75, 3.05) is 19.8 Å². The molecule has 2 aliphatic rings. The molecule has 1 unspecified atom stereocenters. The van der Waals surface area contributed by atoms with E-state index >= 15 is 0 Å². The zero-order valence-electron chi connectivity index (χ0n) is 12.1. The summed E-state index contributed by atoms with van der Waals surface area (Å²) in [5, 5.41) is 7.86. The molecule has 4 rings (SSSR count). The van der Waals surface area contributed by atoms with Gasteiger partial charge in [-0.05, 0) is 48.2 Å². The second-order valence-electron chi connectivity index (χ2n) is 5.68. The third-order valence-corrected chi connectivity index (χ3v) is 4.16. The van der Waals surface area contributed by atoms with Gasteiger partial charge in [-0.15, -0.1) is 0 Å². The lowest BCUT2D eigenvalue weighted by molar-refractivity contribution is 0.171. The third-order valence-electron chi connectivity index (χ3n) is 4.16. The van der Waals surface area contributed by atoms with Gasteiger partial charge in [-0.25, -0.2) is 0 Å². The summed E-state index contributed by atoms with van der Waals surface area (Å²) in [4.78, 5) is 0. The van der Waals surface area contributed by atoms with E-state index in [-0.39, 0.29) is 0 Å². The van der Waals surface area contributed by atoms with Crippen LogP contribution in [0, 0.1) is 0 Å². The molecular weight excluding hydrogens is 266 g/mol. The Kier molecular flexibility index (Phi) is 3.07. The van der Waals surface area contributed by atoms with Crippen LogP contribution >= 0.6 is 0 Å². The number of rotatable bonds is 2. The molecule has 3 heterocycles. The van der Waals surface area contributed by atoms with Crippen LogP contribution in [0.3, 0.4) is 0 Å². The number of fused-ring (bicyclic) bond motifs is 2. The Balaban J connectivity index is 1.66. The topological polar surface area (TPSA) is 48.3 Å². The Morgan fingerprint density at radius 2 is 2.10 bits per heavy atom. The summed E-state index contributed by atoms with van der Waals surface area (Å²) < 4.78 is 13.3. The van der Waals surface area contributed by atoms with Crippen LogP contribution in [0.5, 0.6) is 11.5 Å². The Hall–Kier alpha value is -2.01. The highest BCUT2D eigenvalue weighted by molar-refractivity contribution is 5.50. The Morgan fingerprint density at radius 1 is 1.29 bits per heavy atom. The normalized spacial score (nSPS) is 20.1. The summed E-state index contributed by atoms with van der Waals surface area (Å²) in [6, 6.07) is 4.62. The molecular formula is C16H19N3O2. The van der Waals surface area contributed by atoms with Crippen molar-refractivity contribution >= 4 is 0 Å². The first-order valence-electron chi connectivity index (χ1n) is 7.43. The van der Waals surface area contributed by atoms with Crippen molar-refractivity contribution < 1.29 is 9.47 Å². The lowest BCUT2D eigenvalue weighted by atomic mass is 9.90. The number of aryl methyl sites for hydroxylation is 1. The van der Waals surface area contributed by atoms with Crippen molar-refractivity contribution in [3.63, 3.8) is 0 Å². The van der Waals surface area contributed by atoms with Gasteiger partial charge in [0.1, 0.15) is 13.2 Å². The molecule has 1 N–H and O–H groups in total. The second kappa shape index (κ2) is 5.07. The first-order chi connectivity index (χ1) is 10.3. The van der Waals surface area contributed by atoms with E-state index in [2.05, 4.69) is 28.7 Å². The summed E-state index contributed by atoms with van der Waals surface area (Å²) in [7, 11) is 1.95. The molecule has 110 valence electrons. The van der Waals surface area contributed by atoms with Gasteiger partial charge in [-0.1, -0.05) is 0 Å². The molecule has 0 spiro atoms. The fourth-order valence-electron chi connectivity index (χ4n) is 3.17. The third kappa shape index (κ3) is 2.38. The van der Waals surface area contributed by atoms with Gasteiger partial charge < -0.3 is 14.8 Å². The van der Waals surface area contributed by atoms with E-state index in [1.807, 2.05) is 17.9 Å². The molecule has 0 saturated carbocycles. The number of hydrogen-bond donors (Lipinski definition) is 1. The van der Waals surface area contributed by atoms with Crippen LogP contribution in [0.2, 0.25) is 0 Å². The van der Waals surface area contributed by atoms with Crippen LogP contribution in [0.4, 0.5) is 0 Å². The van der Waals surface area contributed by atoms with Crippen LogP contribution in [0.25, 0.3) is 0 Å². The van der Waals surface area contributed by atoms with Crippen molar-refractivity contribution in [3.05, 3.63) is 41.2 Å². The van der Waals surface area contributed by atoms with Crippen molar-refractivity contribution in [1.82, 2.24) is 15.1 Å². The molecule has 1 aromatic heterocycles. The van der Waals surface area contributed by atoms with E-state index in [9.17, 15) is 0 Å². The second-order valence-corrected chi connectivity index (χ2v) is 5.68. The highest BCUT2D eigenvalue weighted by atomic mass is 16.6. The SMILES string of the molecule is Cn1cc(CC2NCCc3cc4c(cc32)OCCO4)cn1. The Bertz CT molecular complexity index is 666.